The molecule has 2 amide bonds. The molecule has 1 atom stereocenters. The normalized spacial score (nSPS) is 13.8. The molecule has 0 saturated carbocycles. The SMILES string of the molecule is COc1ccc(OC)c(COC(=O)[C@@H](CSC)N2C(=O)c3ccccc3C2=O)c1. The van der Waals surface area contributed by atoms with E-state index in [0.29, 0.717) is 28.2 Å². The molecule has 7 nitrogen and oxygen atoms in total. The van der Waals surface area contributed by atoms with Crippen LogP contribution in [0.2, 0.25) is 0 Å². The van der Waals surface area contributed by atoms with Crippen LogP contribution < -0.4 is 9.47 Å². The van der Waals surface area contributed by atoms with Gasteiger partial charge in [-0.25, -0.2) is 4.79 Å². The molecule has 0 saturated heterocycles. The van der Waals surface area contributed by atoms with Gasteiger partial charge in [0.05, 0.1) is 25.3 Å². The van der Waals surface area contributed by atoms with E-state index in [1.165, 1.54) is 26.0 Å². The van der Waals surface area contributed by atoms with Crippen molar-refractivity contribution in [2.45, 2.75) is 12.6 Å². The average molecular weight is 415 g/mol. The highest BCUT2D eigenvalue weighted by Crippen LogP contribution is 2.28. The molecule has 0 fully saturated rings. The Morgan fingerprint density at radius 3 is 2.24 bits per heavy atom. The van der Waals surface area contributed by atoms with Gasteiger partial charge in [0.1, 0.15) is 24.1 Å². The lowest BCUT2D eigenvalue weighted by atomic mass is 10.1. The van der Waals surface area contributed by atoms with Crippen molar-refractivity contribution in [3.63, 3.8) is 0 Å². The minimum Gasteiger partial charge on any atom is -0.497 e. The number of benzene rings is 2. The lowest BCUT2D eigenvalue weighted by Crippen LogP contribution is -2.47. The number of methoxy groups -OCH3 is 2. The first-order valence-electron chi connectivity index (χ1n) is 8.85. The number of hydrogen-bond donors (Lipinski definition) is 0. The quantitative estimate of drug-likeness (QED) is 0.484. The zero-order valence-corrected chi connectivity index (χ0v) is 17.2. The van der Waals surface area contributed by atoms with Gasteiger partial charge in [0.2, 0.25) is 0 Å². The molecule has 2 aromatic rings. The highest BCUT2D eigenvalue weighted by Gasteiger charge is 2.43. The maximum absolute atomic E-state index is 12.8. The molecular formula is C21H21NO6S. The van der Waals surface area contributed by atoms with E-state index in [-0.39, 0.29) is 12.4 Å². The van der Waals surface area contributed by atoms with Crippen molar-refractivity contribution in [1.82, 2.24) is 4.90 Å². The zero-order chi connectivity index (χ0) is 21.0. The van der Waals surface area contributed by atoms with Gasteiger partial charge in [-0.3, -0.25) is 14.5 Å². The number of ether oxygens (including phenoxy) is 3. The van der Waals surface area contributed by atoms with Crippen molar-refractivity contribution in [2.24, 2.45) is 0 Å². The molecule has 29 heavy (non-hydrogen) atoms. The standard InChI is InChI=1S/C21H21NO6S/c1-26-14-8-9-18(27-2)13(10-14)11-28-21(25)17(12-29-3)22-19(23)15-6-4-5-7-16(15)20(22)24/h4-10,17H,11-12H2,1-3H3/t17-/m1/s1. The molecule has 0 bridgehead atoms. The van der Waals surface area contributed by atoms with Gasteiger partial charge in [-0.15, -0.1) is 0 Å². The number of carbonyl (C=O) groups excluding carboxylic acids is 3. The number of esters is 1. The molecule has 0 aliphatic carbocycles. The molecule has 152 valence electrons. The van der Waals surface area contributed by atoms with Gasteiger partial charge in [0, 0.05) is 11.3 Å². The molecule has 0 spiro atoms. The topological polar surface area (TPSA) is 82.1 Å². The van der Waals surface area contributed by atoms with E-state index in [9.17, 15) is 14.4 Å². The second-order valence-electron chi connectivity index (χ2n) is 6.28. The first-order valence-corrected chi connectivity index (χ1v) is 10.2. The number of thioether (sulfide) groups is 1. The maximum atomic E-state index is 12.8. The molecule has 0 unspecified atom stereocenters. The molecule has 3 rings (SSSR count). The van der Waals surface area contributed by atoms with Gasteiger partial charge in [-0.05, 0) is 36.6 Å². The number of fused-ring (bicyclic) bond motifs is 1. The Kier molecular flexibility index (Phi) is 6.43. The van der Waals surface area contributed by atoms with Crippen molar-refractivity contribution in [3.05, 3.63) is 59.2 Å². The number of nitrogens with zero attached hydrogens (tertiary/aromatic N) is 1. The Balaban J connectivity index is 1.80. The first kappa shape index (κ1) is 20.7. The smallest absolute Gasteiger partial charge is 0.330 e. The van der Waals surface area contributed by atoms with Crippen LogP contribution in [0.15, 0.2) is 42.5 Å². The van der Waals surface area contributed by atoms with Gasteiger partial charge >= 0.3 is 5.97 Å². The lowest BCUT2D eigenvalue weighted by molar-refractivity contribution is -0.148. The van der Waals surface area contributed by atoms with E-state index in [0.717, 1.165) is 4.90 Å². The Bertz CT molecular complexity index is 910. The summed E-state index contributed by atoms with van der Waals surface area (Å²) in [6.07, 6.45) is 1.80. The van der Waals surface area contributed by atoms with Crippen LogP contribution in [0.25, 0.3) is 0 Å². The van der Waals surface area contributed by atoms with E-state index in [1.807, 2.05) is 0 Å². The van der Waals surface area contributed by atoms with Crippen LogP contribution in [0.4, 0.5) is 0 Å². The largest absolute Gasteiger partial charge is 0.497 e. The van der Waals surface area contributed by atoms with Crippen molar-refractivity contribution >= 4 is 29.5 Å². The van der Waals surface area contributed by atoms with E-state index in [2.05, 4.69) is 0 Å². The van der Waals surface area contributed by atoms with Crippen LogP contribution in [-0.4, -0.2) is 55.0 Å². The number of hydrogen-bond acceptors (Lipinski definition) is 7. The third-order valence-electron chi connectivity index (χ3n) is 4.59. The predicted octanol–water partition coefficient (Wildman–Crippen LogP) is 2.77. The monoisotopic (exact) mass is 415 g/mol. The first-order chi connectivity index (χ1) is 14.0. The van der Waals surface area contributed by atoms with Crippen molar-refractivity contribution in [1.29, 1.82) is 0 Å². The van der Waals surface area contributed by atoms with Crippen LogP contribution >= 0.6 is 11.8 Å². The van der Waals surface area contributed by atoms with E-state index >= 15 is 0 Å². The summed E-state index contributed by atoms with van der Waals surface area (Å²) in [5, 5.41) is 0. The molecule has 1 aliphatic heterocycles. The minimum atomic E-state index is -1.02. The third kappa shape index (κ3) is 4.07. The number of carbonyl (C=O) groups is 3. The Morgan fingerprint density at radius 2 is 1.69 bits per heavy atom. The van der Waals surface area contributed by atoms with Crippen LogP contribution in [0.3, 0.4) is 0 Å². The third-order valence-corrected chi connectivity index (χ3v) is 5.24. The highest BCUT2D eigenvalue weighted by atomic mass is 32.2. The number of imide groups is 1. The summed E-state index contributed by atoms with van der Waals surface area (Å²) >= 11 is 1.35. The Morgan fingerprint density at radius 1 is 1.03 bits per heavy atom. The molecule has 0 aromatic heterocycles. The van der Waals surface area contributed by atoms with Crippen molar-refractivity contribution in [2.75, 3.05) is 26.2 Å². The molecule has 2 aromatic carbocycles. The van der Waals surface area contributed by atoms with E-state index in [4.69, 9.17) is 14.2 Å². The average Bonchev–Trinajstić information content (AvgIpc) is 3.00. The summed E-state index contributed by atoms with van der Waals surface area (Å²) in [6.45, 7) is -0.0761. The summed E-state index contributed by atoms with van der Waals surface area (Å²) < 4.78 is 15.9. The zero-order valence-electron chi connectivity index (χ0n) is 16.3. The molecule has 1 aliphatic rings. The summed E-state index contributed by atoms with van der Waals surface area (Å²) in [5.74, 6) is -0.252. The van der Waals surface area contributed by atoms with E-state index in [1.54, 1.807) is 48.7 Å². The lowest BCUT2D eigenvalue weighted by Gasteiger charge is -2.24. The fourth-order valence-corrected chi connectivity index (χ4v) is 3.74. The molecule has 1 heterocycles. The highest BCUT2D eigenvalue weighted by molar-refractivity contribution is 7.98. The van der Waals surface area contributed by atoms with Crippen LogP contribution in [0.5, 0.6) is 11.5 Å². The molecule has 8 heteroatoms. The predicted molar refractivity (Wildman–Crippen MR) is 108 cm³/mol. The maximum Gasteiger partial charge on any atom is 0.330 e. The minimum absolute atomic E-state index is 0.0761. The van der Waals surface area contributed by atoms with E-state index < -0.39 is 23.8 Å². The Hall–Kier alpha value is -3.00. The van der Waals surface area contributed by atoms with Crippen molar-refractivity contribution < 1.29 is 28.6 Å². The van der Waals surface area contributed by atoms with Gasteiger partial charge in [0.15, 0.2) is 0 Å². The summed E-state index contributed by atoms with van der Waals surface area (Å²) in [5.41, 5.74) is 1.21. The van der Waals surface area contributed by atoms with Crippen LogP contribution in [0, 0.1) is 0 Å². The molecule has 0 radical (unpaired) electrons. The summed E-state index contributed by atoms with van der Waals surface area (Å²) in [7, 11) is 3.05. The number of amides is 2. The van der Waals surface area contributed by atoms with Gasteiger partial charge in [-0.2, -0.15) is 11.8 Å². The van der Waals surface area contributed by atoms with Crippen LogP contribution in [-0.2, 0) is 16.1 Å². The second kappa shape index (κ2) is 9.00. The fraction of sp³-hybridized carbons (Fsp3) is 0.286. The van der Waals surface area contributed by atoms with Gasteiger partial charge in [0.25, 0.3) is 11.8 Å². The number of rotatable bonds is 8. The summed E-state index contributed by atoms with van der Waals surface area (Å²) in [4.78, 5) is 39.3. The van der Waals surface area contributed by atoms with Crippen molar-refractivity contribution in [3.8, 4) is 11.5 Å². The van der Waals surface area contributed by atoms with Gasteiger partial charge in [-0.1, -0.05) is 12.1 Å². The summed E-state index contributed by atoms with van der Waals surface area (Å²) in [6, 6.07) is 10.7. The van der Waals surface area contributed by atoms with Crippen LogP contribution in [0.1, 0.15) is 26.3 Å². The van der Waals surface area contributed by atoms with Gasteiger partial charge < -0.3 is 14.2 Å². The molecule has 0 N–H and O–H groups in total. The second-order valence-corrected chi connectivity index (χ2v) is 7.19. The fourth-order valence-electron chi connectivity index (χ4n) is 3.14. The molecular weight excluding hydrogens is 394 g/mol. The Labute approximate surface area is 172 Å².